The molecule has 0 unspecified atom stereocenters. The van der Waals surface area contributed by atoms with Gasteiger partial charge in [-0.2, -0.15) is 13.2 Å². The Balaban J connectivity index is 3.38. The van der Waals surface area contributed by atoms with Crippen molar-refractivity contribution in [3.05, 3.63) is 27.5 Å². The normalized spacial score (nSPS) is 12.2. The van der Waals surface area contributed by atoms with Gasteiger partial charge in [0.25, 0.3) is 6.43 Å². The summed E-state index contributed by atoms with van der Waals surface area (Å²) < 4.78 is 61.6. The third kappa shape index (κ3) is 2.82. The number of hydrogen-bond donors (Lipinski definition) is 0. The maximum atomic E-state index is 12.5. The zero-order valence-electron chi connectivity index (χ0n) is 7.45. The van der Waals surface area contributed by atoms with E-state index in [2.05, 4.69) is 20.9 Å². The maximum absolute atomic E-state index is 12.5. The molecule has 1 aromatic rings. The monoisotopic (exact) mass is 323 g/mol. The Labute approximate surface area is 101 Å². The molecule has 0 aromatic carbocycles. The average molecular weight is 324 g/mol. The Morgan fingerprint density at radius 3 is 2.31 bits per heavy atom. The summed E-state index contributed by atoms with van der Waals surface area (Å²) in [6.07, 6.45) is -7.62. The standard InChI is InChI=1S/C8H4BrClF5N/c9-3-1-5(8(13,14)15)16-4(2-10)6(3)7(11)12/h1,7H,2H2. The predicted octanol–water partition coefficient (Wildman–Crippen LogP) is 4.54. The fourth-order valence-electron chi connectivity index (χ4n) is 1.05. The second-order valence-electron chi connectivity index (χ2n) is 2.78. The van der Waals surface area contributed by atoms with Crippen molar-refractivity contribution >= 4 is 27.5 Å². The molecular formula is C8H4BrClF5N. The van der Waals surface area contributed by atoms with Gasteiger partial charge in [0.1, 0.15) is 5.69 Å². The highest BCUT2D eigenvalue weighted by atomic mass is 79.9. The molecule has 0 N–H and O–H groups in total. The molecule has 0 saturated carbocycles. The molecule has 1 rings (SSSR count). The van der Waals surface area contributed by atoms with Crippen LogP contribution in [0.2, 0.25) is 0 Å². The van der Waals surface area contributed by atoms with Gasteiger partial charge in [-0.3, -0.25) is 0 Å². The lowest BCUT2D eigenvalue weighted by Gasteiger charge is -2.12. The maximum Gasteiger partial charge on any atom is 0.433 e. The SMILES string of the molecule is FC(F)c1c(Br)cc(C(F)(F)F)nc1CCl. The van der Waals surface area contributed by atoms with Gasteiger partial charge >= 0.3 is 6.18 Å². The minimum atomic E-state index is -4.69. The van der Waals surface area contributed by atoms with Crippen molar-refractivity contribution in [1.82, 2.24) is 4.98 Å². The fourth-order valence-corrected chi connectivity index (χ4v) is 1.87. The van der Waals surface area contributed by atoms with E-state index in [1.807, 2.05) is 0 Å². The van der Waals surface area contributed by atoms with Crippen LogP contribution in [0, 0.1) is 0 Å². The molecule has 0 radical (unpaired) electrons. The van der Waals surface area contributed by atoms with Crippen LogP contribution in [0.4, 0.5) is 22.0 Å². The highest BCUT2D eigenvalue weighted by Crippen LogP contribution is 2.36. The molecule has 1 aromatic heterocycles. The zero-order chi connectivity index (χ0) is 12.5. The average Bonchev–Trinajstić information content (AvgIpc) is 2.14. The fraction of sp³-hybridized carbons (Fsp3) is 0.375. The smallest absolute Gasteiger partial charge is 0.246 e. The van der Waals surface area contributed by atoms with Gasteiger partial charge < -0.3 is 0 Å². The molecule has 0 spiro atoms. The van der Waals surface area contributed by atoms with Crippen molar-refractivity contribution in [2.24, 2.45) is 0 Å². The van der Waals surface area contributed by atoms with Crippen LogP contribution in [0.3, 0.4) is 0 Å². The van der Waals surface area contributed by atoms with Crippen LogP contribution in [0.5, 0.6) is 0 Å². The van der Waals surface area contributed by atoms with E-state index in [0.717, 1.165) is 0 Å². The zero-order valence-corrected chi connectivity index (χ0v) is 9.80. The van der Waals surface area contributed by atoms with Gasteiger partial charge in [0.2, 0.25) is 0 Å². The quantitative estimate of drug-likeness (QED) is 0.575. The Hall–Kier alpha value is -0.430. The Morgan fingerprint density at radius 1 is 1.38 bits per heavy atom. The summed E-state index contributed by atoms with van der Waals surface area (Å²) in [6, 6.07) is 0.511. The number of alkyl halides is 6. The largest absolute Gasteiger partial charge is 0.433 e. The van der Waals surface area contributed by atoms with Crippen molar-refractivity contribution < 1.29 is 22.0 Å². The molecule has 0 atom stereocenters. The van der Waals surface area contributed by atoms with Crippen molar-refractivity contribution in [3.8, 4) is 0 Å². The summed E-state index contributed by atoms with van der Waals surface area (Å²) in [6.45, 7) is 0. The third-order valence-electron chi connectivity index (χ3n) is 1.72. The highest BCUT2D eigenvalue weighted by Gasteiger charge is 2.34. The molecule has 0 aliphatic heterocycles. The molecule has 0 aliphatic carbocycles. The van der Waals surface area contributed by atoms with Gasteiger partial charge in [0.15, 0.2) is 0 Å². The summed E-state index contributed by atoms with van der Waals surface area (Å²) in [5.74, 6) is -0.512. The van der Waals surface area contributed by atoms with E-state index in [-0.39, 0.29) is 4.47 Å². The van der Waals surface area contributed by atoms with E-state index in [1.54, 1.807) is 0 Å². The predicted molar refractivity (Wildman–Crippen MR) is 51.5 cm³/mol. The summed E-state index contributed by atoms with van der Waals surface area (Å²) in [4.78, 5) is 3.08. The molecular weight excluding hydrogens is 320 g/mol. The molecule has 1 nitrogen and oxygen atoms in total. The number of rotatable bonds is 2. The molecule has 0 aliphatic rings. The number of hydrogen-bond acceptors (Lipinski definition) is 1. The van der Waals surface area contributed by atoms with Gasteiger partial charge in [-0.1, -0.05) is 15.9 Å². The summed E-state index contributed by atoms with van der Waals surface area (Å²) >= 11 is 7.94. The van der Waals surface area contributed by atoms with Crippen LogP contribution in [0.25, 0.3) is 0 Å². The van der Waals surface area contributed by atoms with Crippen LogP contribution in [0.1, 0.15) is 23.4 Å². The Bertz CT molecular complexity index is 393. The molecule has 8 heteroatoms. The highest BCUT2D eigenvalue weighted by molar-refractivity contribution is 9.10. The van der Waals surface area contributed by atoms with E-state index in [4.69, 9.17) is 11.6 Å². The molecule has 1 heterocycles. The van der Waals surface area contributed by atoms with Crippen LogP contribution in [-0.4, -0.2) is 4.98 Å². The van der Waals surface area contributed by atoms with E-state index in [0.29, 0.717) is 6.07 Å². The molecule has 0 fully saturated rings. The molecule has 16 heavy (non-hydrogen) atoms. The first kappa shape index (κ1) is 13.6. The molecule has 90 valence electrons. The van der Waals surface area contributed by atoms with Gasteiger partial charge in [-0.15, -0.1) is 11.6 Å². The van der Waals surface area contributed by atoms with Crippen LogP contribution in [-0.2, 0) is 12.1 Å². The van der Waals surface area contributed by atoms with Gasteiger partial charge in [0.05, 0.1) is 17.1 Å². The lowest BCUT2D eigenvalue weighted by Crippen LogP contribution is -2.11. The summed E-state index contributed by atoms with van der Waals surface area (Å²) in [7, 11) is 0. The summed E-state index contributed by atoms with van der Waals surface area (Å²) in [5, 5.41) is 0. The third-order valence-corrected chi connectivity index (χ3v) is 2.63. The van der Waals surface area contributed by atoms with Crippen LogP contribution >= 0.6 is 27.5 Å². The molecule has 0 saturated heterocycles. The number of halogens is 7. The Morgan fingerprint density at radius 2 is 1.94 bits per heavy atom. The van der Waals surface area contributed by atoms with Crippen LogP contribution in [0.15, 0.2) is 10.5 Å². The first-order valence-corrected chi connectivity index (χ1v) is 5.20. The lowest BCUT2D eigenvalue weighted by atomic mass is 10.2. The van der Waals surface area contributed by atoms with Crippen LogP contribution < -0.4 is 0 Å². The number of pyridine rings is 1. The van der Waals surface area contributed by atoms with E-state index >= 15 is 0 Å². The van der Waals surface area contributed by atoms with Crippen molar-refractivity contribution in [2.45, 2.75) is 18.5 Å². The first-order chi connectivity index (χ1) is 7.27. The van der Waals surface area contributed by atoms with Crippen molar-refractivity contribution in [3.63, 3.8) is 0 Å². The van der Waals surface area contributed by atoms with E-state index in [9.17, 15) is 22.0 Å². The van der Waals surface area contributed by atoms with Gasteiger partial charge in [-0.05, 0) is 6.07 Å². The molecule has 0 bridgehead atoms. The van der Waals surface area contributed by atoms with E-state index < -0.39 is 35.4 Å². The minimum Gasteiger partial charge on any atom is -0.246 e. The van der Waals surface area contributed by atoms with Gasteiger partial charge in [-0.25, -0.2) is 13.8 Å². The summed E-state index contributed by atoms with van der Waals surface area (Å²) in [5.41, 5.74) is -2.33. The van der Waals surface area contributed by atoms with E-state index in [1.165, 1.54) is 0 Å². The lowest BCUT2D eigenvalue weighted by molar-refractivity contribution is -0.141. The molecule has 0 amide bonds. The number of aromatic nitrogens is 1. The topological polar surface area (TPSA) is 12.9 Å². The minimum absolute atomic E-state index is 0.347. The van der Waals surface area contributed by atoms with Gasteiger partial charge in [0, 0.05) is 4.47 Å². The second-order valence-corrected chi connectivity index (χ2v) is 3.90. The first-order valence-electron chi connectivity index (χ1n) is 3.88. The number of nitrogens with zero attached hydrogens (tertiary/aromatic N) is 1. The van der Waals surface area contributed by atoms with Crippen molar-refractivity contribution in [2.75, 3.05) is 0 Å². The second kappa shape index (κ2) is 4.83. The van der Waals surface area contributed by atoms with Crippen molar-refractivity contribution in [1.29, 1.82) is 0 Å². The Kier molecular flexibility index (Phi) is 4.12.